The summed E-state index contributed by atoms with van der Waals surface area (Å²) in [6.07, 6.45) is 7.01. The number of ether oxygens (including phenoxy) is 1. The first kappa shape index (κ1) is 11.2. The van der Waals surface area contributed by atoms with E-state index in [-0.39, 0.29) is 5.91 Å². The molecule has 1 heterocycles. The number of hydrogen-bond donors (Lipinski definition) is 0. The Morgan fingerprint density at radius 1 is 1.43 bits per heavy atom. The maximum Gasteiger partial charge on any atom is 0.246 e. The number of nitrogens with zero attached hydrogens (tertiary/aromatic N) is 1. The molecule has 1 rings (SSSR count). The Labute approximate surface area is 85.7 Å². The molecule has 14 heavy (non-hydrogen) atoms. The molecule has 0 bridgehead atoms. The molecule has 0 aromatic carbocycles. The van der Waals surface area contributed by atoms with Crippen molar-refractivity contribution in [1.82, 2.24) is 4.90 Å². The summed E-state index contributed by atoms with van der Waals surface area (Å²) in [5.41, 5.74) is 0. The Hall–Kier alpha value is -0.830. The smallest absolute Gasteiger partial charge is 0.246 e. The quantitative estimate of drug-likeness (QED) is 0.506. The van der Waals surface area contributed by atoms with E-state index in [1.165, 1.54) is 6.42 Å². The van der Waals surface area contributed by atoms with Crippen LogP contribution in [0.3, 0.4) is 0 Å². The van der Waals surface area contributed by atoms with E-state index in [4.69, 9.17) is 4.74 Å². The zero-order valence-electron chi connectivity index (χ0n) is 8.87. The minimum atomic E-state index is 0.129. The van der Waals surface area contributed by atoms with Crippen molar-refractivity contribution >= 4 is 5.91 Å². The lowest BCUT2D eigenvalue weighted by Crippen LogP contribution is -2.39. The van der Waals surface area contributed by atoms with Crippen LogP contribution in [0, 0.1) is 0 Å². The van der Waals surface area contributed by atoms with Gasteiger partial charge in [-0.2, -0.15) is 0 Å². The van der Waals surface area contributed by atoms with Gasteiger partial charge in [-0.25, -0.2) is 0 Å². The van der Waals surface area contributed by atoms with Crippen molar-refractivity contribution < 1.29 is 9.53 Å². The zero-order chi connectivity index (χ0) is 10.2. The second-order valence-electron chi connectivity index (χ2n) is 3.48. The summed E-state index contributed by atoms with van der Waals surface area (Å²) in [7, 11) is 0. The van der Waals surface area contributed by atoms with Crippen LogP contribution in [-0.4, -0.2) is 37.1 Å². The molecule has 1 saturated heterocycles. The highest BCUT2D eigenvalue weighted by molar-refractivity contribution is 5.87. The number of unbranched alkanes of at least 4 members (excludes halogenated alkanes) is 2. The van der Waals surface area contributed by atoms with Crippen LogP contribution >= 0.6 is 0 Å². The van der Waals surface area contributed by atoms with Gasteiger partial charge >= 0.3 is 0 Å². The molecule has 0 unspecified atom stereocenters. The third-order valence-corrected chi connectivity index (χ3v) is 2.31. The second-order valence-corrected chi connectivity index (χ2v) is 3.48. The van der Waals surface area contributed by atoms with E-state index in [9.17, 15) is 4.79 Å². The van der Waals surface area contributed by atoms with Crippen LogP contribution in [0.5, 0.6) is 0 Å². The Morgan fingerprint density at radius 2 is 2.14 bits per heavy atom. The van der Waals surface area contributed by atoms with Gasteiger partial charge in [-0.05, 0) is 12.5 Å². The van der Waals surface area contributed by atoms with Crippen LogP contribution in [-0.2, 0) is 9.53 Å². The molecule has 0 spiro atoms. The van der Waals surface area contributed by atoms with Gasteiger partial charge in [0.25, 0.3) is 0 Å². The van der Waals surface area contributed by atoms with Crippen molar-refractivity contribution in [3.63, 3.8) is 0 Å². The molecule has 1 amide bonds. The summed E-state index contributed by atoms with van der Waals surface area (Å²) in [5, 5.41) is 0. The highest BCUT2D eigenvalue weighted by Crippen LogP contribution is 2.00. The Morgan fingerprint density at radius 3 is 2.79 bits per heavy atom. The van der Waals surface area contributed by atoms with E-state index >= 15 is 0 Å². The largest absolute Gasteiger partial charge is 0.378 e. The van der Waals surface area contributed by atoms with Gasteiger partial charge in [-0.3, -0.25) is 4.79 Å². The van der Waals surface area contributed by atoms with Crippen molar-refractivity contribution in [1.29, 1.82) is 0 Å². The van der Waals surface area contributed by atoms with Crippen LogP contribution in [0.2, 0.25) is 0 Å². The topological polar surface area (TPSA) is 29.5 Å². The number of carbonyl (C=O) groups excluding carboxylic acids is 1. The van der Waals surface area contributed by atoms with Crippen molar-refractivity contribution in [2.45, 2.75) is 26.2 Å². The molecule has 0 aliphatic carbocycles. The van der Waals surface area contributed by atoms with Crippen LogP contribution in [0.25, 0.3) is 0 Å². The lowest BCUT2D eigenvalue weighted by Gasteiger charge is -2.25. The summed E-state index contributed by atoms with van der Waals surface area (Å²) in [6, 6.07) is 0. The molecule has 0 aromatic heterocycles. The van der Waals surface area contributed by atoms with E-state index in [2.05, 4.69) is 6.92 Å². The minimum absolute atomic E-state index is 0.129. The van der Waals surface area contributed by atoms with Crippen LogP contribution < -0.4 is 0 Å². The highest BCUT2D eigenvalue weighted by atomic mass is 16.5. The number of carbonyl (C=O) groups is 1. The van der Waals surface area contributed by atoms with Gasteiger partial charge in [-0.1, -0.05) is 25.8 Å². The number of amides is 1. The number of allylic oxidation sites excluding steroid dienone is 1. The van der Waals surface area contributed by atoms with Gasteiger partial charge in [0.2, 0.25) is 5.91 Å². The first-order valence-electron chi connectivity index (χ1n) is 5.37. The molecule has 3 heteroatoms. The van der Waals surface area contributed by atoms with Gasteiger partial charge in [0.1, 0.15) is 0 Å². The van der Waals surface area contributed by atoms with Crippen molar-refractivity contribution in [2.75, 3.05) is 26.3 Å². The summed E-state index contributed by atoms with van der Waals surface area (Å²) >= 11 is 0. The van der Waals surface area contributed by atoms with E-state index in [1.54, 1.807) is 6.08 Å². The molecule has 1 aliphatic rings. The molecule has 3 nitrogen and oxygen atoms in total. The fourth-order valence-corrected chi connectivity index (χ4v) is 1.40. The molecule has 80 valence electrons. The van der Waals surface area contributed by atoms with Gasteiger partial charge in [0.05, 0.1) is 13.2 Å². The normalized spacial score (nSPS) is 17.6. The molecule has 0 saturated carbocycles. The fourth-order valence-electron chi connectivity index (χ4n) is 1.40. The van der Waals surface area contributed by atoms with Crippen molar-refractivity contribution in [3.8, 4) is 0 Å². The summed E-state index contributed by atoms with van der Waals surface area (Å²) in [4.78, 5) is 13.4. The van der Waals surface area contributed by atoms with Gasteiger partial charge in [0, 0.05) is 13.1 Å². The molecule has 0 N–H and O–H groups in total. The monoisotopic (exact) mass is 197 g/mol. The highest BCUT2D eigenvalue weighted by Gasteiger charge is 2.13. The SMILES string of the molecule is CCCC/C=C/C(=O)N1CCOCC1. The van der Waals surface area contributed by atoms with Crippen LogP contribution in [0.15, 0.2) is 12.2 Å². The molecule has 1 fully saturated rings. The predicted molar refractivity (Wildman–Crippen MR) is 56.1 cm³/mol. The van der Waals surface area contributed by atoms with Crippen LogP contribution in [0.1, 0.15) is 26.2 Å². The third-order valence-electron chi connectivity index (χ3n) is 2.31. The summed E-state index contributed by atoms with van der Waals surface area (Å²) in [6.45, 7) is 4.97. The van der Waals surface area contributed by atoms with Crippen molar-refractivity contribution in [2.24, 2.45) is 0 Å². The van der Waals surface area contributed by atoms with Crippen molar-refractivity contribution in [3.05, 3.63) is 12.2 Å². The molecule has 1 aliphatic heterocycles. The van der Waals surface area contributed by atoms with Gasteiger partial charge in [-0.15, -0.1) is 0 Å². The lowest BCUT2D eigenvalue weighted by molar-refractivity contribution is -0.129. The zero-order valence-corrected chi connectivity index (χ0v) is 8.87. The average Bonchev–Trinajstić information content (AvgIpc) is 2.25. The van der Waals surface area contributed by atoms with E-state index in [0.717, 1.165) is 25.9 Å². The Kier molecular flexibility index (Phi) is 5.30. The van der Waals surface area contributed by atoms with E-state index in [0.29, 0.717) is 13.2 Å². The van der Waals surface area contributed by atoms with Crippen LogP contribution in [0.4, 0.5) is 0 Å². The van der Waals surface area contributed by atoms with Gasteiger partial charge < -0.3 is 9.64 Å². The molecular weight excluding hydrogens is 178 g/mol. The maximum atomic E-state index is 11.5. The summed E-state index contributed by atoms with van der Waals surface area (Å²) in [5.74, 6) is 0.129. The molecular formula is C11H19NO2. The van der Waals surface area contributed by atoms with E-state index < -0.39 is 0 Å². The predicted octanol–water partition coefficient (Wildman–Crippen LogP) is 1.59. The van der Waals surface area contributed by atoms with E-state index in [1.807, 2.05) is 11.0 Å². The maximum absolute atomic E-state index is 11.5. The summed E-state index contributed by atoms with van der Waals surface area (Å²) < 4.78 is 5.17. The molecule has 0 aromatic rings. The first-order valence-corrected chi connectivity index (χ1v) is 5.37. The number of morpholine rings is 1. The second kappa shape index (κ2) is 6.60. The number of rotatable bonds is 4. The van der Waals surface area contributed by atoms with Gasteiger partial charge in [0.15, 0.2) is 0 Å². The third kappa shape index (κ3) is 3.92. The fraction of sp³-hybridized carbons (Fsp3) is 0.727. The average molecular weight is 197 g/mol. The standard InChI is InChI=1S/C11H19NO2/c1-2-3-4-5-6-11(13)12-7-9-14-10-8-12/h5-6H,2-4,7-10H2,1H3/b6-5+. The number of hydrogen-bond acceptors (Lipinski definition) is 2. The Bertz CT molecular complexity index is 195. The first-order chi connectivity index (χ1) is 6.84. The lowest BCUT2D eigenvalue weighted by atomic mass is 10.2. The minimum Gasteiger partial charge on any atom is -0.378 e. The Balaban J connectivity index is 2.22. The molecule has 0 atom stereocenters. The molecule has 0 radical (unpaired) electrons.